The molecule has 0 saturated heterocycles. The summed E-state index contributed by atoms with van der Waals surface area (Å²) in [6.07, 6.45) is 4.57. The molecule has 4 aromatic rings. The van der Waals surface area contributed by atoms with Gasteiger partial charge in [-0.05, 0) is 56.3 Å². The lowest BCUT2D eigenvalue weighted by molar-refractivity contribution is 0.0959. The van der Waals surface area contributed by atoms with Crippen LogP contribution in [0.4, 0.5) is 5.82 Å². The zero-order valence-corrected chi connectivity index (χ0v) is 20.5. The third-order valence-corrected chi connectivity index (χ3v) is 5.48. The first-order chi connectivity index (χ1) is 17.4. The summed E-state index contributed by atoms with van der Waals surface area (Å²) in [6.45, 7) is 4.11. The predicted octanol–water partition coefficient (Wildman–Crippen LogP) is 4.85. The van der Waals surface area contributed by atoms with Gasteiger partial charge in [-0.2, -0.15) is 5.10 Å². The summed E-state index contributed by atoms with van der Waals surface area (Å²) >= 11 is 6.42. The summed E-state index contributed by atoms with van der Waals surface area (Å²) in [6, 6.07) is 14.6. The van der Waals surface area contributed by atoms with Gasteiger partial charge in [-0.1, -0.05) is 11.6 Å². The fourth-order valence-corrected chi connectivity index (χ4v) is 3.57. The number of anilines is 1. The Balaban J connectivity index is 1.59. The molecule has 0 radical (unpaired) electrons. The van der Waals surface area contributed by atoms with Gasteiger partial charge in [0.05, 0.1) is 11.6 Å². The van der Waals surface area contributed by atoms with Crippen LogP contribution in [0.3, 0.4) is 0 Å². The van der Waals surface area contributed by atoms with Crippen LogP contribution in [0.25, 0.3) is 0 Å². The van der Waals surface area contributed by atoms with Crippen molar-refractivity contribution in [1.82, 2.24) is 14.3 Å². The van der Waals surface area contributed by atoms with Crippen LogP contribution in [-0.2, 0) is 6.54 Å². The standard InChI is InChI=1S/C26H25ClN4O5/c1-3-31-11-8-24(29-31)28-25(33)19-12-20(35-17(2)16-32)15-21(13-19)36-23-7-6-18(14-22(23)27)26(34)30-9-4-5-10-30/h4-15,17,32H,3,16H2,1-2H3,(H,28,29,33)/t17-/m0/s1. The second-order valence-electron chi connectivity index (χ2n) is 7.96. The second kappa shape index (κ2) is 11.1. The number of amides is 1. The quantitative estimate of drug-likeness (QED) is 0.334. The summed E-state index contributed by atoms with van der Waals surface area (Å²) in [7, 11) is 0. The van der Waals surface area contributed by atoms with Crippen LogP contribution >= 0.6 is 11.6 Å². The predicted molar refractivity (Wildman–Crippen MR) is 135 cm³/mol. The molecule has 2 aromatic carbocycles. The second-order valence-corrected chi connectivity index (χ2v) is 8.36. The number of carbonyl (C=O) groups is 2. The number of carbonyl (C=O) groups excluding carboxylic acids is 2. The zero-order valence-electron chi connectivity index (χ0n) is 19.7. The molecule has 0 spiro atoms. The Morgan fingerprint density at radius 1 is 1.06 bits per heavy atom. The fraction of sp³-hybridized carbons (Fsp3) is 0.192. The Labute approximate surface area is 212 Å². The van der Waals surface area contributed by atoms with Gasteiger partial charge in [0.2, 0.25) is 0 Å². The summed E-state index contributed by atoms with van der Waals surface area (Å²) < 4.78 is 14.8. The molecule has 186 valence electrons. The van der Waals surface area contributed by atoms with Crippen LogP contribution < -0.4 is 14.8 Å². The SMILES string of the molecule is CCn1ccc(NC(=O)c2cc(Oc3ccc(C(=O)n4cccc4)cc3Cl)cc(O[C@@H](C)CO)c2)n1. The van der Waals surface area contributed by atoms with Gasteiger partial charge in [-0.15, -0.1) is 0 Å². The highest BCUT2D eigenvalue weighted by atomic mass is 35.5. The Bertz CT molecular complexity index is 1370. The number of aliphatic hydroxyl groups is 1. The van der Waals surface area contributed by atoms with Crippen LogP contribution in [0, 0.1) is 0 Å². The van der Waals surface area contributed by atoms with Gasteiger partial charge in [0.1, 0.15) is 23.4 Å². The third-order valence-electron chi connectivity index (χ3n) is 5.19. The smallest absolute Gasteiger partial charge is 0.261 e. The Morgan fingerprint density at radius 3 is 2.47 bits per heavy atom. The highest BCUT2D eigenvalue weighted by Crippen LogP contribution is 2.33. The van der Waals surface area contributed by atoms with Crippen LogP contribution in [0.1, 0.15) is 34.6 Å². The Kier molecular flexibility index (Phi) is 7.72. The minimum absolute atomic E-state index is 0.205. The molecule has 0 aliphatic heterocycles. The average Bonchev–Trinajstić information content (AvgIpc) is 3.57. The number of benzene rings is 2. The molecule has 1 atom stereocenters. The molecule has 0 fully saturated rings. The topological polar surface area (TPSA) is 108 Å². The molecule has 10 heteroatoms. The molecule has 0 aliphatic rings. The fourth-order valence-electron chi connectivity index (χ4n) is 3.35. The molecule has 1 amide bonds. The van der Waals surface area contributed by atoms with Gasteiger partial charge >= 0.3 is 0 Å². The van der Waals surface area contributed by atoms with Gasteiger partial charge < -0.3 is 19.9 Å². The van der Waals surface area contributed by atoms with E-state index in [2.05, 4.69) is 10.4 Å². The minimum atomic E-state index is -0.501. The summed E-state index contributed by atoms with van der Waals surface area (Å²) in [5.74, 6) is 0.668. The molecule has 0 aliphatic carbocycles. The first-order valence-corrected chi connectivity index (χ1v) is 11.7. The molecule has 2 N–H and O–H groups in total. The molecule has 0 unspecified atom stereocenters. The van der Waals surface area contributed by atoms with Crippen molar-refractivity contribution >= 4 is 29.2 Å². The van der Waals surface area contributed by atoms with E-state index in [0.717, 1.165) is 0 Å². The van der Waals surface area contributed by atoms with Crippen molar-refractivity contribution in [1.29, 1.82) is 0 Å². The van der Waals surface area contributed by atoms with Crippen molar-refractivity contribution < 1.29 is 24.2 Å². The van der Waals surface area contributed by atoms with E-state index in [1.165, 1.54) is 16.7 Å². The van der Waals surface area contributed by atoms with E-state index in [1.54, 1.807) is 72.7 Å². The first kappa shape index (κ1) is 25.0. The maximum Gasteiger partial charge on any atom is 0.261 e. The zero-order chi connectivity index (χ0) is 25.7. The van der Waals surface area contributed by atoms with Crippen molar-refractivity contribution in [2.45, 2.75) is 26.5 Å². The number of nitrogens with zero attached hydrogens (tertiary/aromatic N) is 3. The van der Waals surface area contributed by atoms with E-state index in [9.17, 15) is 14.7 Å². The highest BCUT2D eigenvalue weighted by molar-refractivity contribution is 6.32. The summed E-state index contributed by atoms with van der Waals surface area (Å²) in [4.78, 5) is 25.5. The maximum absolute atomic E-state index is 12.9. The lowest BCUT2D eigenvalue weighted by Crippen LogP contribution is -2.17. The van der Waals surface area contributed by atoms with Crippen LogP contribution in [0.5, 0.6) is 17.2 Å². The lowest BCUT2D eigenvalue weighted by Gasteiger charge is -2.16. The van der Waals surface area contributed by atoms with Gasteiger partial charge in [-0.3, -0.25) is 18.8 Å². The number of aromatic nitrogens is 3. The molecule has 36 heavy (non-hydrogen) atoms. The molecule has 9 nitrogen and oxygen atoms in total. The number of hydrogen-bond donors (Lipinski definition) is 2. The van der Waals surface area contributed by atoms with Gasteiger partial charge in [0.15, 0.2) is 5.82 Å². The lowest BCUT2D eigenvalue weighted by atomic mass is 10.1. The molecule has 2 aromatic heterocycles. The van der Waals surface area contributed by atoms with Crippen LogP contribution in [0.2, 0.25) is 5.02 Å². The number of aliphatic hydroxyl groups excluding tert-OH is 1. The summed E-state index contributed by atoms with van der Waals surface area (Å²) in [5, 5.41) is 16.6. The monoisotopic (exact) mass is 508 g/mol. The average molecular weight is 509 g/mol. The van der Waals surface area contributed by atoms with Crippen molar-refractivity contribution in [2.24, 2.45) is 0 Å². The maximum atomic E-state index is 12.9. The normalized spacial score (nSPS) is 11.7. The molecule has 0 bridgehead atoms. The number of ether oxygens (including phenoxy) is 2. The van der Waals surface area contributed by atoms with E-state index < -0.39 is 12.0 Å². The minimum Gasteiger partial charge on any atom is -0.488 e. The van der Waals surface area contributed by atoms with E-state index in [-0.39, 0.29) is 28.8 Å². The summed E-state index contributed by atoms with van der Waals surface area (Å²) in [5.41, 5.74) is 0.651. The number of aryl methyl sites for hydroxylation is 1. The van der Waals surface area contributed by atoms with Crippen LogP contribution in [0.15, 0.2) is 73.2 Å². The van der Waals surface area contributed by atoms with E-state index >= 15 is 0 Å². The third kappa shape index (κ3) is 5.94. The Morgan fingerprint density at radius 2 is 1.81 bits per heavy atom. The van der Waals surface area contributed by atoms with Gasteiger partial charge in [0, 0.05) is 48.4 Å². The Hall–Kier alpha value is -4.08. The largest absolute Gasteiger partial charge is 0.488 e. The van der Waals surface area contributed by atoms with E-state index in [1.807, 2.05) is 6.92 Å². The van der Waals surface area contributed by atoms with Crippen molar-refractivity contribution in [2.75, 3.05) is 11.9 Å². The van der Waals surface area contributed by atoms with E-state index in [4.69, 9.17) is 21.1 Å². The molecule has 2 heterocycles. The first-order valence-electron chi connectivity index (χ1n) is 11.3. The van der Waals surface area contributed by atoms with Crippen molar-refractivity contribution in [3.8, 4) is 17.2 Å². The molecule has 0 saturated carbocycles. The number of halogens is 1. The highest BCUT2D eigenvalue weighted by Gasteiger charge is 2.16. The number of nitrogens with one attached hydrogen (secondary N) is 1. The molecular formula is C26H25ClN4O5. The number of rotatable bonds is 9. The van der Waals surface area contributed by atoms with Gasteiger partial charge in [0.25, 0.3) is 11.8 Å². The number of hydrogen-bond acceptors (Lipinski definition) is 6. The van der Waals surface area contributed by atoms with Gasteiger partial charge in [-0.25, -0.2) is 0 Å². The van der Waals surface area contributed by atoms with Crippen LogP contribution in [-0.4, -0.2) is 44.0 Å². The van der Waals surface area contributed by atoms with Crippen molar-refractivity contribution in [3.63, 3.8) is 0 Å². The van der Waals surface area contributed by atoms with Crippen molar-refractivity contribution in [3.05, 3.63) is 89.3 Å². The molecular weight excluding hydrogens is 484 g/mol. The van der Waals surface area contributed by atoms with E-state index in [0.29, 0.717) is 29.4 Å². The molecule has 4 rings (SSSR count).